The van der Waals surface area contributed by atoms with Gasteiger partial charge in [-0.25, -0.2) is 13.8 Å². The minimum atomic E-state index is -4.81. The van der Waals surface area contributed by atoms with E-state index < -0.39 is 23.7 Å². The van der Waals surface area contributed by atoms with Crippen LogP contribution in [0.4, 0.5) is 22.0 Å². The minimum Gasteiger partial charge on any atom is -0.441 e. The molecule has 1 unspecified atom stereocenters. The Balaban J connectivity index is 1.64. The second kappa shape index (κ2) is 7.23. The van der Waals surface area contributed by atoms with Crippen molar-refractivity contribution < 1.29 is 26.4 Å². The molecule has 0 aliphatic carbocycles. The number of hydrogen-bond donors (Lipinski definition) is 0. The lowest BCUT2D eigenvalue weighted by atomic mass is 10.0. The molecule has 26 heavy (non-hydrogen) atoms. The third kappa shape index (κ3) is 4.33. The Morgan fingerprint density at radius 3 is 2.62 bits per heavy atom. The number of aromatic nitrogens is 1. The molecule has 2 aromatic carbocycles. The number of hydrogen-bond acceptors (Lipinski definition) is 2. The molecule has 2 nitrogen and oxygen atoms in total. The van der Waals surface area contributed by atoms with E-state index in [1.165, 1.54) is 0 Å². The van der Waals surface area contributed by atoms with Crippen LogP contribution in [-0.2, 0) is 19.0 Å². The summed E-state index contributed by atoms with van der Waals surface area (Å²) >= 11 is 5.85. The Bertz CT molecular complexity index is 922. The average Bonchev–Trinajstić information content (AvgIpc) is 2.95. The lowest BCUT2D eigenvalue weighted by molar-refractivity contribution is -0.140. The van der Waals surface area contributed by atoms with Gasteiger partial charge in [-0.15, -0.1) is 0 Å². The van der Waals surface area contributed by atoms with Gasteiger partial charge >= 0.3 is 6.18 Å². The van der Waals surface area contributed by atoms with Crippen molar-refractivity contribution in [2.75, 3.05) is 0 Å². The van der Waals surface area contributed by atoms with Crippen LogP contribution in [0, 0.1) is 5.82 Å². The highest BCUT2D eigenvalue weighted by Crippen LogP contribution is 2.32. The van der Waals surface area contributed by atoms with Gasteiger partial charge in [0, 0.05) is 17.9 Å². The summed E-state index contributed by atoms with van der Waals surface area (Å²) in [6, 6.07) is 7.41. The molecule has 0 spiro atoms. The lowest BCUT2D eigenvalue weighted by Crippen LogP contribution is -2.11. The molecule has 1 aromatic heterocycles. The van der Waals surface area contributed by atoms with Crippen LogP contribution in [0.3, 0.4) is 0 Å². The normalized spacial score (nSPS) is 13.3. The first-order valence-electron chi connectivity index (χ1n) is 7.77. The van der Waals surface area contributed by atoms with E-state index in [9.17, 15) is 22.0 Å². The molecule has 1 atom stereocenters. The van der Waals surface area contributed by atoms with Gasteiger partial charge in [0.05, 0.1) is 5.56 Å². The van der Waals surface area contributed by atoms with Crippen LogP contribution >= 0.6 is 11.6 Å². The maximum Gasteiger partial charge on any atom is 0.419 e. The van der Waals surface area contributed by atoms with Crippen LogP contribution in [0.2, 0.25) is 5.02 Å². The lowest BCUT2D eigenvalue weighted by Gasteiger charge is -2.11. The van der Waals surface area contributed by atoms with E-state index in [1.807, 2.05) is 0 Å². The Kier molecular flexibility index (Phi) is 5.18. The van der Waals surface area contributed by atoms with E-state index in [2.05, 4.69) is 4.98 Å². The fraction of sp³-hybridized carbons (Fsp3) is 0.278. The zero-order chi connectivity index (χ0) is 18.9. The highest BCUT2D eigenvalue weighted by molar-refractivity contribution is 6.31. The molecule has 3 aromatic rings. The first-order chi connectivity index (χ1) is 12.2. The van der Waals surface area contributed by atoms with Crippen molar-refractivity contribution in [1.29, 1.82) is 0 Å². The summed E-state index contributed by atoms with van der Waals surface area (Å²) < 4.78 is 71.0. The zero-order valence-corrected chi connectivity index (χ0v) is 14.0. The van der Waals surface area contributed by atoms with Crippen molar-refractivity contribution in [2.24, 2.45) is 0 Å². The van der Waals surface area contributed by atoms with E-state index in [1.54, 1.807) is 18.2 Å². The van der Waals surface area contributed by atoms with Gasteiger partial charge in [0.25, 0.3) is 0 Å². The van der Waals surface area contributed by atoms with Gasteiger partial charge in [-0.3, -0.25) is 0 Å². The number of fused-ring (bicyclic) bond motifs is 1. The van der Waals surface area contributed by atoms with Crippen LogP contribution in [0.5, 0.6) is 0 Å². The molecule has 0 N–H and O–H groups in total. The van der Waals surface area contributed by atoms with Gasteiger partial charge in [-0.1, -0.05) is 17.7 Å². The van der Waals surface area contributed by atoms with Crippen molar-refractivity contribution >= 4 is 22.7 Å². The van der Waals surface area contributed by atoms with Crippen LogP contribution in [-0.4, -0.2) is 11.2 Å². The molecule has 0 saturated carbocycles. The molecular weight excluding hydrogens is 377 g/mol. The minimum absolute atomic E-state index is 0.0132. The SMILES string of the molecule is Fc1ccc(CC(F)CCc2nc3cc(Cl)ccc3o2)cc1C(F)(F)F. The number of nitrogens with zero attached hydrogens (tertiary/aromatic N) is 1. The monoisotopic (exact) mass is 389 g/mol. The summed E-state index contributed by atoms with van der Waals surface area (Å²) in [6.45, 7) is 0. The fourth-order valence-electron chi connectivity index (χ4n) is 2.61. The van der Waals surface area contributed by atoms with Gasteiger partial charge in [0.2, 0.25) is 0 Å². The molecular formula is C18H13ClF5NO. The van der Waals surface area contributed by atoms with E-state index >= 15 is 0 Å². The molecule has 8 heteroatoms. The molecule has 3 rings (SSSR count). The summed E-state index contributed by atoms with van der Waals surface area (Å²) in [4.78, 5) is 4.19. The smallest absolute Gasteiger partial charge is 0.419 e. The Morgan fingerprint density at radius 1 is 1.12 bits per heavy atom. The number of aryl methyl sites for hydroxylation is 1. The first kappa shape index (κ1) is 18.6. The van der Waals surface area contributed by atoms with Crippen molar-refractivity contribution in [2.45, 2.75) is 31.6 Å². The predicted molar refractivity (Wildman–Crippen MR) is 87.3 cm³/mol. The first-order valence-corrected chi connectivity index (χ1v) is 8.15. The highest BCUT2D eigenvalue weighted by Gasteiger charge is 2.34. The number of benzene rings is 2. The third-order valence-electron chi connectivity index (χ3n) is 3.86. The molecule has 1 heterocycles. The van der Waals surface area contributed by atoms with E-state index in [-0.39, 0.29) is 24.8 Å². The van der Waals surface area contributed by atoms with Crippen LogP contribution in [0.15, 0.2) is 40.8 Å². The molecule has 138 valence electrons. The maximum absolute atomic E-state index is 14.2. The Labute approximate surface area is 150 Å². The maximum atomic E-state index is 14.2. The van der Waals surface area contributed by atoms with Crippen molar-refractivity contribution in [3.8, 4) is 0 Å². The van der Waals surface area contributed by atoms with Gasteiger partial charge in [-0.05, 0) is 42.3 Å². The summed E-state index contributed by atoms with van der Waals surface area (Å²) in [5.41, 5.74) is -0.238. The molecule has 0 radical (unpaired) electrons. The third-order valence-corrected chi connectivity index (χ3v) is 4.09. The fourth-order valence-corrected chi connectivity index (χ4v) is 2.78. The van der Waals surface area contributed by atoms with E-state index in [0.717, 1.165) is 6.07 Å². The highest BCUT2D eigenvalue weighted by atomic mass is 35.5. The number of alkyl halides is 4. The summed E-state index contributed by atoms with van der Waals surface area (Å²) in [7, 11) is 0. The topological polar surface area (TPSA) is 26.0 Å². The van der Waals surface area contributed by atoms with Crippen molar-refractivity contribution in [1.82, 2.24) is 4.98 Å². The van der Waals surface area contributed by atoms with Crippen molar-refractivity contribution in [3.63, 3.8) is 0 Å². The van der Waals surface area contributed by atoms with Crippen LogP contribution < -0.4 is 0 Å². The van der Waals surface area contributed by atoms with Crippen molar-refractivity contribution in [3.05, 3.63) is 64.3 Å². The Hall–Kier alpha value is -2.15. The quantitative estimate of drug-likeness (QED) is 0.489. The van der Waals surface area contributed by atoms with E-state index in [4.69, 9.17) is 16.0 Å². The van der Waals surface area contributed by atoms with Gasteiger partial charge in [0.15, 0.2) is 11.5 Å². The molecule has 0 aliphatic rings. The zero-order valence-electron chi connectivity index (χ0n) is 13.3. The average molecular weight is 390 g/mol. The van der Waals surface area contributed by atoms with Gasteiger partial charge < -0.3 is 4.42 Å². The molecule has 0 aliphatic heterocycles. The summed E-state index contributed by atoms with van der Waals surface area (Å²) in [6.07, 6.45) is -6.29. The standard InChI is InChI=1S/C18H13ClF5NO/c19-11-2-5-16-15(9-11)25-17(26-16)6-3-12(20)7-10-1-4-14(21)13(8-10)18(22,23)24/h1-2,4-5,8-9,12H,3,6-7H2. The second-order valence-electron chi connectivity index (χ2n) is 5.87. The van der Waals surface area contributed by atoms with Crippen LogP contribution in [0.1, 0.15) is 23.4 Å². The number of halogens is 6. The number of oxazole rings is 1. The Morgan fingerprint density at radius 2 is 1.88 bits per heavy atom. The molecule has 0 bridgehead atoms. The molecule has 0 saturated heterocycles. The van der Waals surface area contributed by atoms with E-state index in [0.29, 0.717) is 34.1 Å². The van der Waals surface area contributed by atoms with Crippen LogP contribution in [0.25, 0.3) is 11.1 Å². The van der Waals surface area contributed by atoms with Gasteiger partial charge in [-0.2, -0.15) is 13.2 Å². The summed E-state index contributed by atoms with van der Waals surface area (Å²) in [5.74, 6) is -1.05. The van der Waals surface area contributed by atoms with Gasteiger partial charge in [0.1, 0.15) is 17.5 Å². The summed E-state index contributed by atoms with van der Waals surface area (Å²) in [5, 5.41) is 0.498. The number of rotatable bonds is 5. The molecule has 0 amide bonds. The predicted octanol–water partition coefficient (Wildman–Crippen LogP) is 6.15. The second-order valence-corrected chi connectivity index (χ2v) is 6.31. The largest absolute Gasteiger partial charge is 0.441 e. The molecule has 0 fully saturated rings.